The maximum atomic E-state index is 8.88. The summed E-state index contributed by atoms with van der Waals surface area (Å²) in [4.78, 5) is 108. The predicted octanol–water partition coefficient (Wildman–Crippen LogP) is -7.53. The van der Waals surface area contributed by atoms with Crippen molar-refractivity contribution in [3.05, 3.63) is 0 Å². The van der Waals surface area contributed by atoms with Crippen LogP contribution < -0.4 is 51.4 Å². The first kappa shape index (κ1) is 42.3. The van der Waals surface area contributed by atoms with Crippen molar-refractivity contribution in [1.29, 1.82) is 0 Å². The molecule has 0 atom stereocenters. The third-order valence-electron chi connectivity index (χ3n) is 0. The number of rotatable bonds is 0. The minimum atomic E-state index is -4.64. The molecule has 0 saturated carbocycles. The Morgan fingerprint density at radius 2 is 0.308 bits per heavy atom. The second kappa shape index (κ2) is 18.0. The summed E-state index contributed by atoms with van der Waals surface area (Å²) in [5.74, 6) is 0. The monoisotopic (exact) mass is 530 g/mol. The van der Waals surface area contributed by atoms with Crippen molar-refractivity contribution in [2.45, 2.75) is 0 Å². The molecule has 0 aliphatic heterocycles. The second-order valence-corrected chi connectivity index (χ2v) is 7.70. The molecule has 0 amide bonds. The van der Waals surface area contributed by atoms with Crippen LogP contribution in [0.15, 0.2) is 0 Å². The zero-order valence-electron chi connectivity index (χ0n) is 13.0. The van der Waals surface area contributed by atoms with Crippen LogP contribution in [-0.2, 0) is 22.8 Å². The number of phosphoric acid groups is 5. The summed E-state index contributed by atoms with van der Waals surface area (Å²) < 4.78 is 44.4. The zero-order chi connectivity index (χ0) is 22.5. The van der Waals surface area contributed by atoms with Gasteiger partial charge < -0.3 is 74.8 Å². The molecule has 20 nitrogen and oxygen atoms in total. The molecule has 0 saturated heterocycles. The van der Waals surface area contributed by atoms with E-state index >= 15 is 0 Å². The van der Waals surface area contributed by atoms with Gasteiger partial charge in [-0.05, 0) is 0 Å². The van der Waals surface area contributed by atoms with Crippen molar-refractivity contribution >= 4 is 39.1 Å². The van der Waals surface area contributed by atoms with Gasteiger partial charge in [-0.2, -0.15) is 0 Å². The van der Waals surface area contributed by atoms with Crippen molar-refractivity contribution in [2.24, 2.45) is 0 Å². The van der Waals surface area contributed by atoms with Gasteiger partial charge in [0.25, 0.3) is 0 Å². The molecular weight excluding hydrogens is 514 g/mol. The standard InChI is InChI=1S/K.5H3O4P.H/c;5*1-5(2,3)4;/h;5*(H3,1,2,3,4);/q+1;;;;;;-1. The summed E-state index contributed by atoms with van der Waals surface area (Å²) in [5.41, 5.74) is 0. The van der Waals surface area contributed by atoms with Gasteiger partial charge >= 0.3 is 90.5 Å². The van der Waals surface area contributed by atoms with Gasteiger partial charge in [-0.15, -0.1) is 0 Å². The molecule has 26 heteroatoms. The molecule has 0 spiro atoms. The summed E-state index contributed by atoms with van der Waals surface area (Å²) in [6.07, 6.45) is 0. The molecule has 0 radical (unpaired) electrons. The average Bonchev–Trinajstić information content (AvgIpc) is 1.79. The third-order valence-corrected chi connectivity index (χ3v) is 0. The minimum Gasteiger partial charge on any atom is -1.00 e. The van der Waals surface area contributed by atoms with E-state index in [1.165, 1.54) is 0 Å². The molecule has 0 aliphatic rings. The molecule has 0 aromatic carbocycles. The maximum Gasteiger partial charge on any atom is 1.00 e. The van der Waals surface area contributed by atoms with Crippen molar-refractivity contribution in [2.75, 3.05) is 0 Å². The second-order valence-electron chi connectivity index (χ2n) is 2.57. The Balaban J connectivity index is -0.0000000364. The van der Waals surface area contributed by atoms with Gasteiger partial charge in [0, 0.05) is 0 Å². The molecule has 0 unspecified atom stereocenters. The number of hydrogen-bond donors (Lipinski definition) is 15. The summed E-state index contributed by atoms with van der Waals surface area (Å²) in [7, 11) is -23.2. The van der Waals surface area contributed by atoms with E-state index in [0.717, 1.165) is 0 Å². The number of hydrogen-bond acceptors (Lipinski definition) is 5. The Morgan fingerprint density at radius 1 is 0.308 bits per heavy atom. The first-order chi connectivity index (χ1) is 10.0. The normalized spacial score (nSPS) is 11.3. The maximum absolute atomic E-state index is 8.88. The van der Waals surface area contributed by atoms with Crippen LogP contribution in [0.4, 0.5) is 0 Å². The van der Waals surface area contributed by atoms with E-state index < -0.39 is 39.1 Å². The molecule has 15 N–H and O–H groups in total. The van der Waals surface area contributed by atoms with Gasteiger partial charge in [0.1, 0.15) is 0 Å². The van der Waals surface area contributed by atoms with E-state index in [1.54, 1.807) is 0 Å². The van der Waals surface area contributed by atoms with Crippen LogP contribution >= 0.6 is 39.1 Å². The van der Waals surface area contributed by atoms with Crippen LogP contribution in [0.1, 0.15) is 1.43 Å². The topological polar surface area (TPSA) is 389 Å². The minimum absolute atomic E-state index is 0. The Kier molecular flexibility index (Phi) is 29.3. The van der Waals surface area contributed by atoms with Crippen LogP contribution in [0.2, 0.25) is 0 Å². The van der Waals surface area contributed by atoms with Crippen molar-refractivity contribution < 1.29 is 149 Å². The van der Waals surface area contributed by atoms with E-state index in [2.05, 4.69) is 0 Å². The molecule has 0 rings (SSSR count). The fourth-order valence-electron chi connectivity index (χ4n) is 0. The van der Waals surface area contributed by atoms with Gasteiger partial charge in [-0.25, -0.2) is 22.8 Å². The molecule has 0 fully saturated rings. The van der Waals surface area contributed by atoms with Crippen LogP contribution in [0.3, 0.4) is 0 Å². The Bertz CT molecular complexity index is 377. The van der Waals surface area contributed by atoms with E-state index in [-0.39, 0.29) is 52.8 Å². The molecule has 162 valence electrons. The first-order valence-corrected chi connectivity index (χ1v) is 11.7. The van der Waals surface area contributed by atoms with Crippen molar-refractivity contribution in [3.8, 4) is 0 Å². The summed E-state index contributed by atoms with van der Waals surface area (Å²) in [5, 5.41) is 0. The van der Waals surface area contributed by atoms with E-state index in [4.69, 9.17) is 96.2 Å². The molecule has 0 aromatic heterocycles. The van der Waals surface area contributed by atoms with Crippen molar-refractivity contribution in [1.82, 2.24) is 0 Å². The Morgan fingerprint density at radius 3 is 0.308 bits per heavy atom. The van der Waals surface area contributed by atoms with E-state index in [1.807, 2.05) is 0 Å². The van der Waals surface area contributed by atoms with E-state index in [9.17, 15) is 0 Å². The molecule has 0 aliphatic carbocycles. The van der Waals surface area contributed by atoms with Gasteiger partial charge in [0.15, 0.2) is 0 Å². The fraction of sp³-hybridized carbons (Fsp3) is 0. The smallest absolute Gasteiger partial charge is 1.00 e. The summed E-state index contributed by atoms with van der Waals surface area (Å²) in [6, 6.07) is 0. The van der Waals surface area contributed by atoms with E-state index in [0.29, 0.717) is 0 Å². The van der Waals surface area contributed by atoms with Gasteiger partial charge in [-0.1, -0.05) is 0 Å². The average molecular weight is 530 g/mol. The van der Waals surface area contributed by atoms with Crippen LogP contribution in [0.25, 0.3) is 0 Å². The van der Waals surface area contributed by atoms with Gasteiger partial charge in [-0.3, -0.25) is 0 Å². The summed E-state index contributed by atoms with van der Waals surface area (Å²) >= 11 is 0. The molecule has 0 heterocycles. The third kappa shape index (κ3) is 3480. The first-order valence-electron chi connectivity index (χ1n) is 3.91. The summed E-state index contributed by atoms with van der Waals surface area (Å²) in [6.45, 7) is 0. The Labute approximate surface area is 186 Å². The van der Waals surface area contributed by atoms with Crippen LogP contribution in [0, 0.1) is 0 Å². The quantitative estimate of drug-likeness (QED) is 0.102. The largest absolute Gasteiger partial charge is 1.00 e. The molecular formula is H16KO20P5. The predicted molar refractivity (Wildman–Crippen MR) is 72.4 cm³/mol. The van der Waals surface area contributed by atoms with Crippen LogP contribution in [0.5, 0.6) is 0 Å². The van der Waals surface area contributed by atoms with Gasteiger partial charge in [0.05, 0.1) is 0 Å². The Hall–Kier alpha value is 2.19. The van der Waals surface area contributed by atoms with Crippen LogP contribution in [-0.4, -0.2) is 73.4 Å². The zero-order valence-corrected chi connectivity index (χ0v) is 19.6. The molecule has 26 heavy (non-hydrogen) atoms. The SMILES string of the molecule is O=P(O)(O)O.O=P(O)(O)O.O=P(O)(O)O.O=P(O)(O)O.O=P(O)(O)O.[H-].[K+]. The van der Waals surface area contributed by atoms with Gasteiger partial charge in [0.2, 0.25) is 0 Å². The van der Waals surface area contributed by atoms with Crippen molar-refractivity contribution in [3.63, 3.8) is 0 Å². The molecule has 0 aromatic rings. The fourth-order valence-corrected chi connectivity index (χ4v) is 0. The molecule has 0 bridgehead atoms.